The number of hydrogen-bond acceptors (Lipinski definition) is 5. The summed E-state index contributed by atoms with van der Waals surface area (Å²) in [4.78, 5) is 48.2. The molecule has 1 aromatic heterocycles. The van der Waals surface area contributed by atoms with Crippen molar-refractivity contribution in [3.63, 3.8) is 0 Å². The topological polar surface area (TPSA) is 86.0 Å². The first-order valence-electron chi connectivity index (χ1n) is 11.8. The molecule has 1 N–H and O–H groups in total. The van der Waals surface area contributed by atoms with Crippen molar-refractivity contribution >= 4 is 51.6 Å². The van der Waals surface area contributed by atoms with Gasteiger partial charge in [0.1, 0.15) is 6.04 Å². The number of benzene rings is 2. The quantitative estimate of drug-likeness (QED) is 0.566. The third kappa shape index (κ3) is 3.93. The van der Waals surface area contributed by atoms with E-state index in [-0.39, 0.29) is 22.8 Å². The van der Waals surface area contributed by atoms with Gasteiger partial charge in [-0.25, -0.2) is 0 Å². The Morgan fingerprint density at radius 2 is 1.78 bits per heavy atom. The van der Waals surface area contributed by atoms with Gasteiger partial charge in [0.15, 0.2) is 0 Å². The van der Waals surface area contributed by atoms with Crippen LogP contribution in [0.4, 0.5) is 5.69 Å². The molecule has 2 amide bonds. The summed E-state index contributed by atoms with van der Waals surface area (Å²) in [6, 6.07) is 13.2. The maximum atomic E-state index is 13.9. The lowest BCUT2D eigenvalue weighted by atomic mass is 9.77. The minimum atomic E-state index is -0.711. The van der Waals surface area contributed by atoms with Gasteiger partial charge in [-0.05, 0) is 24.3 Å². The predicted octanol–water partition coefficient (Wildman–Crippen LogP) is 3.02. The summed E-state index contributed by atoms with van der Waals surface area (Å²) in [5.74, 6) is -0.425. The van der Waals surface area contributed by atoms with Crippen LogP contribution in [-0.4, -0.2) is 78.6 Å². The number of para-hydroxylation sites is 1. The number of aromatic nitrogens is 1. The lowest BCUT2D eigenvalue weighted by molar-refractivity contribution is -0.197. The predicted molar refractivity (Wildman–Crippen MR) is 138 cm³/mol. The normalized spacial score (nSPS) is 20.8. The molecule has 1 spiro atoms. The van der Waals surface area contributed by atoms with Crippen LogP contribution in [0.15, 0.2) is 53.3 Å². The zero-order chi connectivity index (χ0) is 25.0. The summed E-state index contributed by atoms with van der Waals surface area (Å²) >= 11 is 12.4. The molecule has 3 aliphatic rings. The van der Waals surface area contributed by atoms with Gasteiger partial charge in [-0.1, -0.05) is 41.4 Å². The number of rotatable bonds is 3. The molecule has 186 valence electrons. The first-order chi connectivity index (χ1) is 17.3. The molecule has 3 fully saturated rings. The van der Waals surface area contributed by atoms with Gasteiger partial charge in [-0.15, -0.1) is 0 Å². The number of amides is 2. The number of hydrogen-bond donors (Lipinski definition) is 1. The summed E-state index contributed by atoms with van der Waals surface area (Å²) in [7, 11) is 0. The Bertz CT molecular complexity index is 1430. The lowest BCUT2D eigenvalue weighted by Crippen LogP contribution is -2.71. The second-order valence-electron chi connectivity index (χ2n) is 9.84. The zero-order valence-electron chi connectivity index (χ0n) is 19.4. The Morgan fingerprint density at radius 1 is 1.00 bits per heavy atom. The first kappa shape index (κ1) is 23.3. The molecule has 3 aromatic rings. The summed E-state index contributed by atoms with van der Waals surface area (Å²) in [5, 5.41) is 1.53. The number of H-pyrrole nitrogens is 1. The molecular formula is C26H24Cl2N4O4. The van der Waals surface area contributed by atoms with E-state index in [9.17, 15) is 14.4 Å². The van der Waals surface area contributed by atoms with Gasteiger partial charge in [0, 0.05) is 55.4 Å². The van der Waals surface area contributed by atoms with Gasteiger partial charge in [-0.3, -0.25) is 14.4 Å². The minimum Gasteiger partial charge on any atom is -0.380 e. The van der Waals surface area contributed by atoms with Crippen LogP contribution in [0.3, 0.4) is 0 Å². The van der Waals surface area contributed by atoms with E-state index in [0.717, 1.165) is 5.69 Å². The third-order valence-electron chi connectivity index (χ3n) is 7.36. The van der Waals surface area contributed by atoms with E-state index < -0.39 is 6.04 Å². The third-order valence-corrected chi connectivity index (χ3v) is 8.10. The molecule has 1 unspecified atom stereocenters. The van der Waals surface area contributed by atoms with Crippen LogP contribution in [0, 0.1) is 5.41 Å². The number of ether oxygens (including phenoxy) is 1. The molecule has 6 rings (SSSR count). The van der Waals surface area contributed by atoms with E-state index in [1.165, 1.54) is 6.07 Å². The molecule has 0 radical (unpaired) electrons. The van der Waals surface area contributed by atoms with Crippen molar-refractivity contribution in [2.24, 2.45) is 5.41 Å². The molecule has 4 heterocycles. The Kier molecular flexibility index (Phi) is 5.70. The molecule has 8 nitrogen and oxygen atoms in total. The van der Waals surface area contributed by atoms with Crippen molar-refractivity contribution in [1.29, 1.82) is 0 Å². The average Bonchev–Trinajstić information content (AvgIpc) is 2.82. The SMILES string of the molecule is O=C(C1CN(c2ccc(Cl)c(Cl)c2)CCN1C(=O)c1cc(=O)[nH]c2ccccc12)N1CC2(COC2)C1. The molecule has 0 bridgehead atoms. The van der Waals surface area contributed by atoms with E-state index >= 15 is 0 Å². The lowest BCUT2D eigenvalue weighted by Gasteiger charge is -2.56. The maximum absolute atomic E-state index is 13.9. The molecule has 0 aliphatic carbocycles. The maximum Gasteiger partial charge on any atom is 0.255 e. The molecule has 2 aromatic carbocycles. The molecule has 36 heavy (non-hydrogen) atoms. The Labute approximate surface area is 217 Å². The standard InChI is InChI=1S/C26H24Cl2N4O4/c27-19-6-5-16(9-20(19)28)30-7-8-32(22(11-30)25(35)31-12-26(13-31)14-36-15-26)24(34)18-10-23(33)29-21-4-2-1-3-17(18)21/h1-6,9-10,22H,7-8,11-15H2,(H,29,33). The largest absolute Gasteiger partial charge is 0.380 e. The van der Waals surface area contributed by atoms with Gasteiger partial charge in [-0.2, -0.15) is 0 Å². The highest BCUT2D eigenvalue weighted by molar-refractivity contribution is 6.42. The van der Waals surface area contributed by atoms with Crippen LogP contribution in [0.2, 0.25) is 10.0 Å². The summed E-state index contributed by atoms with van der Waals surface area (Å²) < 4.78 is 5.35. The summed E-state index contributed by atoms with van der Waals surface area (Å²) in [6.45, 7) is 3.72. The molecule has 10 heteroatoms. The zero-order valence-corrected chi connectivity index (χ0v) is 20.9. The van der Waals surface area contributed by atoms with Crippen molar-refractivity contribution in [3.05, 3.63) is 74.5 Å². The number of carbonyl (C=O) groups excluding carboxylic acids is 2. The molecule has 1 atom stereocenters. The number of pyridine rings is 1. The van der Waals surface area contributed by atoms with Crippen molar-refractivity contribution in [1.82, 2.24) is 14.8 Å². The van der Waals surface area contributed by atoms with Crippen LogP contribution in [0.25, 0.3) is 10.9 Å². The summed E-state index contributed by atoms with van der Waals surface area (Å²) in [6.07, 6.45) is 0. The minimum absolute atomic E-state index is 0.0610. The molecule has 3 aliphatic heterocycles. The molecular weight excluding hydrogens is 503 g/mol. The van der Waals surface area contributed by atoms with Crippen molar-refractivity contribution in [2.75, 3.05) is 50.8 Å². The highest BCUT2D eigenvalue weighted by Crippen LogP contribution is 2.38. The Hall–Kier alpha value is -3.07. The fourth-order valence-corrected chi connectivity index (χ4v) is 5.69. The number of anilines is 1. The van der Waals surface area contributed by atoms with Gasteiger partial charge in [0.05, 0.1) is 34.2 Å². The van der Waals surface area contributed by atoms with Crippen LogP contribution in [-0.2, 0) is 9.53 Å². The number of aromatic amines is 1. The number of halogens is 2. The second kappa shape index (κ2) is 8.80. The monoisotopic (exact) mass is 526 g/mol. The smallest absolute Gasteiger partial charge is 0.255 e. The number of fused-ring (bicyclic) bond motifs is 1. The Balaban J connectivity index is 1.33. The van der Waals surface area contributed by atoms with Crippen molar-refractivity contribution in [3.8, 4) is 0 Å². The number of nitrogens with zero attached hydrogens (tertiary/aromatic N) is 3. The van der Waals surface area contributed by atoms with Gasteiger partial charge < -0.3 is 24.4 Å². The van der Waals surface area contributed by atoms with Crippen LogP contribution < -0.4 is 10.5 Å². The number of carbonyl (C=O) groups is 2. The molecule has 3 saturated heterocycles. The number of likely N-dealkylation sites (tertiary alicyclic amines) is 1. The average molecular weight is 527 g/mol. The van der Waals surface area contributed by atoms with E-state index in [4.69, 9.17) is 27.9 Å². The van der Waals surface area contributed by atoms with E-state index in [1.807, 2.05) is 21.9 Å². The highest BCUT2D eigenvalue weighted by atomic mass is 35.5. The Morgan fingerprint density at radius 3 is 2.50 bits per heavy atom. The van der Waals surface area contributed by atoms with E-state index in [1.54, 1.807) is 35.2 Å². The van der Waals surface area contributed by atoms with Crippen molar-refractivity contribution < 1.29 is 14.3 Å². The fraction of sp³-hybridized carbons (Fsp3) is 0.346. The second-order valence-corrected chi connectivity index (χ2v) is 10.7. The number of piperazine rings is 1. The fourth-order valence-electron chi connectivity index (χ4n) is 5.39. The van der Waals surface area contributed by atoms with Crippen LogP contribution in [0.1, 0.15) is 10.4 Å². The first-order valence-corrected chi connectivity index (χ1v) is 12.6. The number of nitrogens with one attached hydrogen (secondary N) is 1. The molecule has 0 saturated carbocycles. The highest BCUT2D eigenvalue weighted by Gasteiger charge is 2.52. The van der Waals surface area contributed by atoms with E-state index in [2.05, 4.69) is 4.98 Å². The van der Waals surface area contributed by atoms with Crippen LogP contribution in [0.5, 0.6) is 0 Å². The van der Waals surface area contributed by atoms with Gasteiger partial charge in [0.2, 0.25) is 11.5 Å². The van der Waals surface area contributed by atoms with Crippen molar-refractivity contribution in [2.45, 2.75) is 6.04 Å². The van der Waals surface area contributed by atoms with Gasteiger partial charge >= 0.3 is 0 Å². The van der Waals surface area contributed by atoms with Crippen LogP contribution >= 0.6 is 23.2 Å². The van der Waals surface area contributed by atoms with Gasteiger partial charge in [0.25, 0.3) is 5.91 Å². The van der Waals surface area contributed by atoms with E-state index in [0.29, 0.717) is 72.4 Å². The summed E-state index contributed by atoms with van der Waals surface area (Å²) in [5.41, 5.74) is 1.42.